The van der Waals surface area contributed by atoms with Crippen LogP contribution in [0.5, 0.6) is 0 Å². The van der Waals surface area contributed by atoms with Crippen molar-refractivity contribution in [2.45, 2.75) is 26.2 Å². The summed E-state index contributed by atoms with van der Waals surface area (Å²) in [4.78, 5) is 0. The average molecular weight is 103 g/mol. The molecule has 2 nitrogen and oxygen atoms in total. The van der Waals surface area contributed by atoms with E-state index in [1.54, 1.807) is 5.43 Å². The Balaban J connectivity index is 2.45. The van der Waals surface area contributed by atoms with E-state index in [1.807, 2.05) is 0 Å². The van der Waals surface area contributed by atoms with Crippen molar-refractivity contribution in [1.29, 1.82) is 0 Å². The third-order valence-electron chi connectivity index (χ3n) is 0.974. The molecular weight excluding hydrogens is 88.1 g/mol. The van der Waals surface area contributed by atoms with Crippen LogP contribution in [0.15, 0.2) is 0 Å². The topological polar surface area (TPSA) is 42.6 Å². The number of nitrogens with two attached hydrogens (primary N) is 2. The van der Waals surface area contributed by atoms with Gasteiger partial charge in [-0.25, -0.2) is 0 Å². The van der Waals surface area contributed by atoms with Crippen LogP contribution in [0.25, 0.3) is 0 Å². The maximum atomic E-state index is 5.14. The molecule has 44 valence electrons. The predicted octanol–water partition coefficient (Wildman–Crippen LogP) is -0.386. The Hall–Kier alpha value is -0.0800. The normalized spacial score (nSPS) is 9.43. The Kier molecular flexibility index (Phi) is 5.85. The Morgan fingerprint density at radius 3 is 2.57 bits per heavy atom. The summed E-state index contributed by atoms with van der Waals surface area (Å²) in [7, 11) is 0. The fourth-order valence-corrected chi connectivity index (χ4v) is 0.512. The molecule has 0 aromatic carbocycles. The molecule has 0 amide bonds. The molecule has 0 bridgehead atoms. The third kappa shape index (κ3) is 5.92. The molecule has 0 rings (SSSR count). The molecule has 0 saturated heterocycles. The van der Waals surface area contributed by atoms with Gasteiger partial charge in [-0.15, -0.1) is 0 Å². The molecule has 0 aromatic rings. The van der Waals surface area contributed by atoms with Crippen molar-refractivity contribution in [3.05, 3.63) is 0 Å². The van der Waals surface area contributed by atoms with Crippen molar-refractivity contribution in [3.8, 4) is 0 Å². The van der Waals surface area contributed by atoms with Gasteiger partial charge in [-0.1, -0.05) is 13.3 Å². The highest BCUT2D eigenvalue weighted by atomic mass is 15.2. The van der Waals surface area contributed by atoms with E-state index in [0.29, 0.717) is 0 Å². The highest BCUT2D eigenvalue weighted by molar-refractivity contribution is 4.30. The van der Waals surface area contributed by atoms with E-state index >= 15 is 0 Å². The van der Waals surface area contributed by atoms with Gasteiger partial charge in [-0.2, -0.15) is 5.84 Å². The first-order chi connectivity index (χ1) is 3.41. The molecule has 0 fully saturated rings. The van der Waals surface area contributed by atoms with Crippen LogP contribution < -0.4 is 11.3 Å². The van der Waals surface area contributed by atoms with Gasteiger partial charge < -0.3 is 0 Å². The monoisotopic (exact) mass is 103 g/mol. The molecule has 0 saturated carbocycles. The molecule has 0 radical (unpaired) electrons. The zero-order chi connectivity index (χ0) is 5.54. The van der Waals surface area contributed by atoms with E-state index in [0.717, 1.165) is 6.54 Å². The molecule has 0 aromatic heterocycles. The van der Waals surface area contributed by atoms with E-state index in [-0.39, 0.29) is 0 Å². The quantitative estimate of drug-likeness (QED) is 0.284. The van der Waals surface area contributed by atoms with E-state index in [1.165, 1.54) is 19.3 Å². The molecule has 0 aliphatic heterocycles. The van der Waals surface area contributed by atoms with Crippen LogP contribution in [0.2, 0.25) is 0 Å². The largest absolute Gasteiger partial charge is 0.271 e. The lowest BCUT2D eigenvalue weighted by Crippen LogP contribution is -2.91. The highest BCUT2D eigenvalue weighted by Gasteiger charge is 1.82. The lowest BCUT2D eigenvalue weighted by atomic mass is 10.3. The van der Waals surface area contributed by atoms with Crippen LogP contribution in [0.1, 0.15) is 26.2 Å². The van der Waals surface area contributed by atoms with Gasteiger partial charge in [-0.3, -0.25) is 5.43 Å². The smallest absolute Gasteiger partial charge is 0.0927 e. The zero-order valence-electron chi connectivity index (χ0n) is 4.98. The number of quaternary nitrogens is 1. The van der Waals surface area contributed by atoms with Gasteiger partial charge in [0.25, 0.3) is 0 Å². The first-order valence-electron chi connectivity index (χ1n) is 2.95. The van der Waals surface area contributed by atoms with Crippen LogP contribution in [0, 0.1) is 0 Å². The fraction of sp³-hybridized carbons (Fsp3) is 1.00. The van der Waals surface area contributed by atoms with Crippen LogP contribution >= 0.6 is 0 Å². The van der Waals surface area contributed by atoms with Gasteiger partial charge >= 0.3 is 0 Å². The Labute approximate surface area is 45.1 Å². The van der Waals surface area contributed by atoms with E-state index in [9.17, 15) is 0 Å². The number of rotatable bonds is 4. The molecule has 7 heavy (non-hydrogen) atoms. The van der Waals surface area contributed by atoms with Crippen LogP contribution in [0.4, 0.5) is 0 Å². The SMILES string of the molecule is CCCCC[NH2+]N. The lowest BCUT2D eigenvalue weighted by molar-refractivity contribution is -0.667. The van der Waals surface area contributed by atoms with Gasteiger partial charge in [0.1, 0.15) is 0 Å². The van der Waals surface area contributed by atoms with Gasteiger partial charge in [-0.05, 0) is 12.8 Å². The fourth-order valence-electron chi connectivity index (χ4n) is 0.512. The second-order valence-electron chi connectivity index (χ2n) is 1.73. The Morgan fingerprint density at radius 1 is 1.43 bits per heavy atom. The molecular formula is C5H15N2+. The minimum absolute atomic E-state index is 1.08. The first kappa shape index (κ1) is 6.92. The minimum atomic E-state index is 1.08. The van der Waals surface area contributed by atoms with Crippen LogP contribution in [0.3, 0.4) is 0 Å². The first-order valence-corrected chi connectivity index (χ1v) is 2.95. The summed E-state index contributed by atoms with van der Waals surface area (Å²) in [6, 6.07) is 0. The summed E-state index contributed by atoms with van der Waals surface area (Å²) in [5.41, 5.74) is 1.73. The van der Waals surface area contributed by atoms with Crippen molar-refractivity contribution in [3.63, 3.8) is 0 Å². The summed E-state index contributed by atoms with van der Waals surface area (Å²) in [5, 5.41) is 0. The van der Waals surface area contributed by atoms with Crippen molar-refractivity contribution < 1.29 is 5.43 Å². The van der Waals surface area contributed by atoms with Crippen molar-refractivity contribution in [1.82, 2.24) is 0 Å². The van der Waals surface area contributed by atoms with Crippen LogP contribution in [-0.4, -0.2) is 6.54 Å². The molecule has 0 unspecified atom stereocenters. The second-order valence-corrected chi connectivity index (χ2v) is 1.73. The van der Waals surface area contributed by atoms with Crippen molar-refractivity contribution in [2.75, 3.05) is 6.54 Å². The maximum absolute atomic E-state index is 5.14. The van der Waals surface area contributed by atoms with Gasteiger partial charge in [0.15, 0.2) is 0 Å². The summed E-state index contributed by atoms with van der Waals surface area (Å²) < 4.78 is 0. The van der Waals surface area contributed by atoms with E-state index < -0.39 is 0 Å². The third-order valence-corrected chi connectivity index (χ3v) is 0.974. The molecule has 0 aliphatic carbocycles. The average Bonchev–Trinajstić information content (AvgIpc) is 1.69. The highest BCUT2D eigenvalue weighted by Crippen LogP contribution is 1.87. The van der Waals surface area contributed by atoms with E-state index in [4.69, 9.17) is 5.84 Å². The molecule has 4 N–H and O–H groups in total. The minimum Gasteiger partial charge on any atom is -0.271 e. The zero-order valence-corrected chi connectivity index (χ0v) is 4.98. The lowest BCUT2D eigenvalue weighted by Gasteiger charge is -1.90. The van der Waals surface area contributed by atoms with Crippen LogP contribution in [-0.2, 0) is 0 Å². The Bertz CT molecular complexity index is 25.3. The Morgan fingerprint density at radius 2 is 2.14 bits per heavy atom. The number of hydrogen-bond donors (Lipinski definition) is 2. The summed E-state index contributed by atoms with van der Waals surface area (Å²) in [6.45, 7) is 3.27. The van der Waals surface area contributed by atoms with Crippen molar-refractivity contribution in [2.24, 2.45) is 5.84 Å². The molecule has 0 heterocycles. The standard InChI is InChI=1S/C5H14N2/c1-2-3-4-5-7-6/h7H,2-6H2,1H3/p+1. The molecule has 2 heteroatoms. The van der Waals surface area contributed by atoms with Gasteiger partial charge in [0.05, 0.1) is 6.54 Å². The van der Waals surface area contributed by atoms with Gasteiger partial charge in [0.2, 0.25) is 0 Å². The predicted molar refractivity (Wildman–Crippen MR) is 30.5 cm³/mol. The number of hydrogen-bond acceptors (Lipinski definition) is 1. The van der Waals surface area contributed by atoms with E-state index in [2.05, 4.69) is 6.92 Å². The van der Waals surface area contributed by atoms with Crippen molar-refractivity contribution >= 4 is 0 Å². The second kappa shape index (κ2) is 5.92. The maximum Gasteiger partial charge on any atom is 0.0927 e. The summed E-state index contributed by atoms with van der Waals surface area (Å²) >= 11 is 0. The molecule has 0 atom stereocenters. The summed E-state index contributed by atoms with van der Waals surface area (Å²) in [5.74, 6) is 5.14. The summed E-state index contributed by atoms with van der Waals surface area (Å²) in [6.07, 6.45) is 3.86. The molecule has 0 aliphatic rings. The van der Waals surface area contributed by atoms with Gasteiger partial charge in [0, 0.05) is 0 Å². The number of unbranched alkanes of at least 4 members (excludes halogenated alkanes) is 2. The molecule has 0 spiro atoms.